The third-order valence-corrected chi connectivity index (χ3v) is 11.2. The summed E-state index contributed by atoms with van der Waals surface area (Å²) in [6, 6.07) is 19.3. The number of nitrogens with one attached hydrogen (secondary N) is 1. The minimum Gasteiger partial charge on any atom is -0.494 e. The van der Waals surface area contributed by atoms with Crippen molar-refractivity contribution in [3.63, 3.8) is 0 Å². The average Bonchev–Trinajstić information content (AvgIpc) is 3.70. The number of anilines is 1. The first-order chi connectivity index (χ1) is 29.3. The van der Waals surface area contributed by atoms with Crippen LogP contribution in [-0.2, 0) is 35.3 Å². The third-order valence-electron chi connectivity index (χ3n) is 10.2. The molecule has 1 fully saturated rings. The average molecular weight is 842 g/mol. The number of rotatable bonds is 25. The van der Waals surface area contributed by atoms with Gasteiger partial charge in [0.25, 0.3) is 6.47 Å². The predicted octanol–water partition coefficient (Wildman–Crippen LogP) is 9.22. The third kappa shape index (κ3) is 14.3. The van der Waals surface area contributed by atoms with E-state index in [1.54, 1.807) is 36.4 Å². The molecule has 1 aliphatic rings. The number of carbonyl (C=O) groups excluding carboxylic acids is 5. The Labute approximate surface area is 355 Å². The van der Waals surface area contributed by atoms with Crippen LogP contribution in [0.2, 0.25) is 0 Å². The maximum absolute atomic E-state index is 13.6. The quantitative estimate of drug-likeness (QED) is 0.0169. The lowest BCUT2D eigenvalue weighted by molar-refractivity contribution is -0.145. The standard InChI is InChI=1S/C46H55N3O10S/c1-3-5-6-7-10-17-42(51)49(46-48-39-15-11-12-16-41(39)60-46)47-31-35-30-38(57-32-50)26-27-40(35)59-45(54)34-20-18-33(19-21-34)44(53)58-37-24-22-36(23-25-37)55-28-13-8-9-14-29-56-43(52)4-2/h4,11-12,15-16,22-27,30,32-34,47H,2-3,5-10,13-14,17-21,28-29,31H2,1H3/t33-,34-. The maximum atomic E-state index is 13.6. The molecule has 3 aromatic carbocycles. The fraction of sp³-hybridized carbons (Fsp3) is 0.435. The number of hydrogen-bond donors (Lipinski definition) is 1. The highest BCUT2D eigenvalue weighted by Gasteiger charge is 2.33. The molecule has 14 heteroatoms. The van der Waals surface area contributed by atoms with E-state index in [1.165, 1.54) is 22.4 Å². The van der Waals surface area contributed by atoms with Crippen LogP contribution in [0.5, 0.6) is 23.0 Å². The number of benzene rings is 3. The van der Waals surface area contributed by atoms with E-state index in [0.717, 1.165) is 74.1 Å². The van der Waals surface area contributed by atoms with Gasteiger partial charge in [0, 0.05) is 24.6 Å². The summed E-state index contributed by atoms with van der Waals surface area (Å²) in [7, 11) is 0. The molecule has 1 aliphatic carbocycles. The molecule has 1 amide bonds. The van der Waals surface area contributed by atoms with Gasteiger partial charge in [-0.2, -0.15) is 0 Å². The maximum Gasteiger partial charge on any atom is 0.330 e. The van der Waals surface area contributed by atoms with Gasteiger partial charge in [-0.1, -0.05) is 62.7 Å². The van der Waals surface area contributed by atoms with Crippen molar-refractivity contribution >= 4 is 57.0 Å². The van der Waals surface area contributed by atoms with E-state index in [2.05, 4.69) is 18.9 Å². The second-order valence-corrected chi connectivity index (χ2v) is 15.7. The number of hydrazine groups is 1. The summed E-state index contributed by atoms with van der Waals surface area (Å²) in [5.74, 6) is -0.494. The summed E-state index contributed by atoms with van der Waals surface area (Å²) in [5, 5.41) is 1.96. The molecule has 1 heterocycles. The first kappa shape index (κ1) is 45.5. The first-order valence-electron chi connectivity index (χ1n) is 20.9. The zero-order chi connectivity index (χ0) is 42.5. The molecule has 0 radical (unpaired) electrons. The first-order valence-corrected chi connectivity index (χ1v) is 21.7. The van der Waals surface area contributed by atoms with Gasteiger partial charge in [0.05, 0.1) is 35.3 Å². The number of fused-ring (bicyclic) bond motifs is 1. The van der Waals surface area contributed by atoms with Gasteiger partial charge in [-0.3, -0.25) is 19.2 Å². The molecule has 0 aliphatic heterocycles. The molecule has 60 heavy (non-hydrogen) atoms. The Morgan fingerprint density at radius 2 is 1.45 bits per heavy atom. The van der Waals surface area contributed by atoms with E-state index in [1.807, 2.05) is 24.3 Å². The second-order valence-electron chi connectivity index (χ2n) is 14.7. The number of para-hydroxylation sites is 1. The van der Waals surface area contributed by atoms with Crippen molar-refractivity contribution in [1.82, 2.24) is 10.4 Å². The zero-order valence-electron chi connectivity index (χ0n) is 34.3. The van der Waals surface area contributed by atoms with Crippen LogP contribution in [0.1, 0.15) is 102 Å². The van der Waals surface area contributed by atoms with Gasteiger partial charge in [-0.25, -0.2) is 20.2 Å². The van der Waals surface area contributed by atoms with E-state index in [9.17, 15) is 24.0 Å². The fourth-order valence-corrected chi connectivity index (χ4v) is 7.80. The van der Waals surface area contributed by atoms with Gasteiger partial charge in [0.15, 0.2) is 0 Å². The van der Waals surface area contributed by atoms with Crippen LogP contribution < -0.4 is 29.4 Å². The van der Waals surface area contributed by atoms with Crippen LogP contribution in [0, 0.1) is 11.8 Å². The van der Waals surface area contributed by atoms with Crippen molar-refractivity contribution in [2.24, 2.45) is 11.8 Å². The number of nitrogens with zero attached hydrogens (tertiary/aromatic N) is 2. The lowest BCUT2D eigenvalue weighted by Crippen LogP contribution is -2.42. The molecule has 5 rings (SSSR count). The Bertz CT molecular complexity index is 1990. The summed E-state index contributed by atoms with van der Waals surface area (Å²) in [6.07, 6.45) is 11.8. The summed E-state index contributed by atoms with van der Waals surface area (Å²) in [4.78, 5) is 67.2. The highest BCUT2D eigenvalue weighted by molar-refractivity contribution is 7.22. The number of thiazole rings is 1. The van der Waals surface area contributed by atoms with Gasteiger partial charge in [-0.05, 0) is 112 Å². The number of ether oxygens (including phenoxy) is 5. The Hall–Kier alpha value is -5.60. The number of hydrogen-bond acceptors (Lipinski definition) is 13. The van der Waals surface area contributed by atoms with Crippen molar-refractivity contribution in [1.29, 1.82) is 0 Å². The van der Waals surface area contributed by atoms with Crippen LogP contribution in [0.15, 0.2) is 79.4 Å². The van der Waals surface area contributed by atoms with Gasteiger partial charge < -0.3 is 23.7 Å². The smallest absolute Gasteiger partial charge is 0.330 e. The normalized spacial score (nSPS) is 14.8. The minimum absolute atomic E-state index is 0.0693. The van der Waals surface area contributed by atoms with Crippen LogP contribution in [0.25, 0.3) is 10.2 Å². The van der Waals surface area contributed by atoms with E-state index >= 15 is 0 Å². The molecule has 1 saturated carbocycles. The summed E-state index contributed by atoms with van der Waals surface area (Å²) < 4.78 is 28.5. The molecular formula is C46H55N3O10S. The largest absolute Gasteiger partial charge is 0.494 e. The number of aromatic nitrogens is 1. The molecular weight excluding hydrogens is 787 g/mol. The monoisotopic (exact) mass is 841 g/mol. The van der Waals surface area contributed by atoms with Gasteiger partial charge in [-0.15, -0.1) is 0 Å². The van der Waals surface area contributed by atoms with Crippen molar-refractivity contribution in [3.05, 3.63) is 84.9 Å². The molecule has 320 valence electrons. The van der Waals surface area contributed by atoms with E-state index in [0.29, 0.717) is 74.0 Å². The highest BCUT2D eigenvalue weighted by Crippen LogP contribution is 2.34. The van der Waals surface area contributed by atoms with E-state index in [-0.39, 0.29) is 35.8 Å². The molecule has 0 unspecified atom stereocenters. The summed E-state index contributed by atoms with van der Waals surface area (Å²) in [5.41, 5.74) is 4.49. The lowest BCUT2D eigenvalue weighted by Gasteiger charge is -2.26. The molecule has 0 atom stereocenters. The van der Waals surface area contributed by atoms with E-state index < -0.39 is 17.9 Å². The predicted molar refractivity (Wildman–Crippen MR) is 229 cm³/mol. The second kappa shape index (κ2) is 24.5. The molecule has 1 N–H and O–H groups in total. The topological polar surface area (TPSA) is 160 Å². The van der Waals surface area contributed by atoms with Gasteiger partial charge in [0.2, 0.25) is 11.0 Å². The highest BCUT2D eigenvalue weighted by atomic mass is 32.1. The van der Waals surface area contributed by atoms with Crippen LogP contribution in [-0.4, -0.2) is 48.5 Å². The minimum atomic E-state index is -0.430. The molecule has 1 aromatic heterocycles. The number of esters is 3. The van der Waals surface area contributed by atoms with Crippen molar-refractivity contribution in [2.75, 3.05) is 18.2 Å². The van der Waals surface area contributed by atoms with E-state index in [4.69, 9.17) is 28.7 Å². The zero-order valence-corrected chi connectivity index (χ0v) is 35.1. The van der Waals surface area contributed by atoms with Gasteiger partial charge >= 0.3 is 17.9 Å². The van der Waals surface area contributed by atoms with Crippen molar-refractivity contribution < 1.29 is 47.7 Å². The SMILES string of the molecule is C=CC(=O)OCCCCCCOc1ccc(OC(=O)[C@H]2CC[C@H](C(=O)Oc3ccc(OC=O)cc3CNN(C(=O)CCCCCCC)c3nc4ccccc4s3)CC2)cc1. The Kier molecular flexibility index (Phi) is 18.6. The number of unbranched alkanes of at least 4 members (excludes halogenated alkanes) is 7. The molecule has 0 bridgehead atoms. The molecule has 4 aromatic rings. The van der Waals surface area contributed by atoms with Gasteiger partial charge in [0.1, 0.15) is 23.0 Å². The fourth-order valence-electron chi connectivity index (χ4n) is 6.84. The Morgan fingerprint density at radius 3 is 2.15 bits per heavy atom. The van der Waals surface area contributed by atoms with Crippen LogP contribution >= 0.6 is 11.3 Å². The molecule has 0 spiro atoms. The van der Waals surface area contributed by atoms with Crippen molar-refractivity contribution in [3.8, 4) is 23.0 Å². The molecule has 13 nitrogen and oxygen atoms in total. The lowest BCUT2D eigenvalue weighted by atomic mass is 9.82. The van der Waals surface area contributed by atoms with Crippen molar-refractivity contribution in [2.45, 2.75) is 103 Å². The van der Waals surface area contributed by atoms with Crippen LogP contribution in [0.4, 0.5) is 5.13 Å². The van der Waals surface area contributed by atoms with Crippen LogP contribution in [0.3, 0.4) is 0 Å². The number of carbonyl (C=O) groups is 5. The summed E-state index contributed by atoms with van der Waals surface area (Å²) >= 11 is 1.40. The number of amides is 1. The Balaban J connectivity index is 1.11. The molecule has 0 saturated heterocycles. The summed E-state index contributed by atoms with van der Waals surface area (Å²) in [6.45, 7) is 6.84. The Morgan fingerprint density at radius 1 is 0.800 bits per heavy atom.